The summed E-state index contributed by atoms with van der Waals surface area (Å²) < 4.78 is 25.0. The first-order chi connectivity index (χ1) is 17.1. The van der Waals surface area contributed by atoms with Crippen LogP contribution in [0.5, 0.6) is 0 Å². The van der Waals surface area contributed by atoms with E-state index in [1.54, 1.807) is 19.2 Å². The van der Waals surface area contributed by atoms with Crippen molar-refractivity contribution in [2.45, 2.75) is 51.7 Å². The minimum atomic E-state index is -0.936. The number of hydrogen-bond donors (Lipinski definition) is 2. The van der Waals surface area contributed by atoms with Crippen LogP contribution in [0.2, 0.25) is 0 Å². The summed E-state index contributed by atoms with van der Waals surface area (Å²) in [5, 5.41) is 4.96. The van der Waals surface area contributed by atoms with Crippen molar-refractivity contribution in [1.29, 1.82) is 0 Å². The van der Waals surface area contributed by atoms with Crippen LogP contribution in [0.4, 0.5) is 10.1 Å². The maximum atomic E-state index is 14.8. The van der Waals surface area contributed by atoms with Crippen LogP contribution < -0.4 is 10.9 Å². The maximum Gasteiger partial charge on any atom is 0.280 e. The molecule has 0 spiro atoms. The number of carbonyl (C=O) groups is 2. The molecule has 1 aliphatic rings. The number of carbonyl (C=O) groups excluding carboxylic acids is 2. The Balaban J connectivity index is 1.65. The fraction of sp³-hybridized carbons (Fsp3) is 0.370. The quantitative estimate of drug-likeness (QED) is 0.541. The standard InChI is InChI=1S/C27H30FN3O5/c1-27(2,3)21-8-6-18(12-22(21)28)29-26(34)25-20-7-5-16(15-35-4)11-17(20)9-10-31(25)24(33)14-19-13-23(32)30-36-19/h5-8,11-13,25H,9-10,14-15H2,1-4H3,(H,29,34)(H,30,32). The number of fused-ring (bicyclic) bond motifs is 1. The Morgan fingerprint density at radius 1 is 1.19 bits per heavy atom. The molecule has 0 saturated heterocycles. The molecule has 4 rings (SSSR count). The molecule has 1 unspecified atom stereocenters. The number of nitrogens with zero attached hydrogens (tertiary/aromatic N) is 1. The van der Waals surface area contributed by atoms with Crippen LogP contribution >= 0.6 is 0 Å². The molecular weight excluding hydrogens is 465 g/mol. The van der Waals surface area contributed by atoms with Gasteiger partial charge in [0.1, 0.15) is 17.6 Å². The van der Waals surface area contributed by atoms with Crippen molar-refractivity contribution in [3.8, 4) is 0 Å². The van der Waals surface area contributed by atoms with Crippen LogP contribution in [-0.4, -0.2) is 35.5 Å². The van der Waals surface area contributed by atoms with E-state index in [-0.39, 0.29) is 23.5 Å². The number of methoxy groups -OCH3 is 1. The van der Waals surface area contributed by atoms with Crippen molar-refractivity contribution in [3.63, 3.8) is 0 Å². The van der Waals surface area contributed by atoms with Gasteiger partial charge in [0, 0.05) is 25.4 Å². The Labute approximate surface area is 208 Å². The second-order valence-electron chi connectivity index (χ2n) is 10.00. The third kappa shape index (κ3) is 5.41. The fourth-order valence-electron chi connectivity index (χ4n) is 4.56. The zero-order valence-corrected chi connectivity index (χ0v) is 20.8. The van der Waals surface area contributed by atoms with E-state index in [4.69, 9.17) is 9.26 Å². The number of halogens is 1. The topological polar surface area (TPSA) is 105 Å². The summed E-state index contributed by atoms with van der Waals surface area (Å²) in [6.07, 6.45) is 0.378. The molecule has 0 fully saturated rings. The Kier molecular flexibility index (Phi) is 7.12. The SMILES string of the molecule is COCc1ccc2c(c1)CCN(C(=O)Cc1cc(=O)[nH]o1)C2C(=O)Nc1ccc(C(C)(C)C)c(F)c1. The van der Waals surface area contributed by atoms with Crippen LogP contribution in [0.1, 0.15) is 54.8 Å². The van der Waals surface area contributed by atoms with E-state index in [0.717, 1.165) is 11.1 Å². The molecule has 2 N–H and O–H groups in total. The monoisotopic (exact) mass is 495 g/mol. The van der Waals surface area contributed by atoms with Crippen LogP contribution in [0.15, 0.2) is 51.8 Å². The molecular formula is C27H30FN3O5. The van der Waals surface area contributed by atoms with E-state index in [1.807, 2.05) is 39.0 Å². The molecule has 1 aromatic heterocycles. The van der Waals surface area contributed by atoms with Crippen molar-refractivity contribution in [2.24, 2.45) is 0 Å². The normalized spacial score (nSPS) is 15.5. The lowest BCUT2D eigenvalue weighted by Gasteiger charge is -2.36. The number of amides is 2. The summed E-state index contributed by atoms with van der Waals surface area (Å²) in [4.78, 5) is 39.7. The zero-order chi connectivity index (χ0) is 26.0. The van der Waals surface area contributed by atoms with E-state index < -0.39 is 23.3 Å². The predicted molar refractivity (Wildman–Crippen MR) is 132 cm³/mol. The van der Waals surface area contributed by atoms with Gasteiger partial charge in [-0.1, -0.05) is 45.0 Å². The zero-order valence-electron chi connectivity index (χ0n) is 20.8. The summed E-state index contributed by atoms with van der Waals surface area (Å²) in [6, 6.07) is 10.6. The summed E-state index contributed by atoms with van der Waals surface area (Å²) in [5.74, 6) is -1.05. The number of H-pyrrole nitrogens is 1. The van der Waals surface area contributed by atoms with Gasteiger partial charge in [-0.05, 0) is 46.2 Å². The lowest BCUT2D eigenvalue weighted by Crippen LogP contribution is -2.46. The molecule has 0 bridgehead atoms. The predicted octanol–water partition coefficient (Wildman–Crippen LogP) is 3.86. The maximum absolute atomic E-state index is 14.8. The van der Waals surface area contributed by atoms with Gasteiger partial charge < -0.3 is 19.5 Å². The molecule has 36 heavy (non-hydrogen) atoms. The number of aromatic amines is 1. The molecule has 0 saturated carbocycles. The summed E-state index contributed by atoms with van der Waals surface area (Å²) in [5.41, 5.74) is 2.61. The number of nitrogens with one attached hydrogen (secondary N) is 2. The molecule has 2 amide bonds. The van der Waals surface area contributed by atoms with Crippen LogP contribution in [0.3, 0.4) is 0 Å². The number of benzene rings is 2. The second kappa shape index (κ2) is 10.1. The highest BCUT2D eigenvalue weighted by atomic mass is 19.1. The second-order valence-corrected chi connectivity index (χ2v) is 10.00. The van der Waals surface area contributed by atoms with Crippen LogP contribution in [-0.2, 0) is 39.2 Å². The average Bonchev–Trinajstić information content (AvgIpc) is 3.21. The Hall–Kier alpha value is -3.72. The van der Waals surface area contributed by atoms with Crippen molar-refractivity contribution in [1.82, 2.24) is 10.1 Å². The minimum absolute atomic E-state index is 0.172. The van der Waals surface area contributed by atoms with Crippen LogP contribution in [0, 0.1) is 5.82 Å². The fourth-order valence-corrected chi connectivity index (χ4v) is 4.56. The third-order valence-corrected chi connectivity index (χ3v) is 6.26. The first-order valence-corrected chi connectivity index (χ1v) is 11.7. The Morgan fingerprint density at radius 2 is 1.97 bits per heavy atom. The number of aromatic nitrogens is 1. The highest BCUT2D eigenvalue weighted by Crippen LogP contribution is 2.33. The summed E-state index contributed by atoms with van der Waals surface area (Å²) in [7, 11) is 1.61. The number of rotatable bonds is 6. The van der Waals surface area contributed by atoms with E-state index in [0.29, 0.717) is 36.4 Å². The number of ether oxygens (including phenoxy) is 1. The van der Waals surface area contributed by atoms with Gasteiger partial charge in [0.2, 0.25) is 5.91 Å². The minimum Gasteiger partial charge on any atom is -0.383 e. The summed E-state index contributed by atoms with van der Waals surface area (Å²) >= 11 is 0. The van der Waals surface area contributed by atoms with Crippen molar-refractivity contribution in [3.05, 3.63) is 86.6 Å². The first kappa shape index (κ1) is 25.4. The smallest absolute Gasteiger partial charge is 0.280 e. The van der Waals surface area contributed by atoms with Gasteiger partial charge in [0.05, 0.1) is 13.0 Å². The summed E-state index contributed by atoms with van der Waals surface area (Å²) in [6.45, 7) is 6.47. The molecule has 1 atom stereocenters. The lowest BCUT2D eigenvalue weighted by molar-refractivity contribution is -0.139. The molecule has 2 heterocycles. The molecule has 9 heteroatoms. The molecule has 2 aromatic carbocycles. The highest BCUT2D eigenvalue weighted by Gasteiger charge is 2.36. The van der Waals surface area contributed by atoms with Gasteiger partial charge in [-0.25, -0.2) is 4.39 Å². The van der Waals surface area contributed by atoms with Gasteiger partial charge in [-0.2, -0.15) is 5.16 Å². The van der Waals surface area contributed by atoms with Crippen LogP contribution in [0.25, 0.3) is 0 Å². The van der Waals surface area contributed by atoms with Gasteiger partial charge in [-0.15, -0.1) is 0 Å². The lowest BCUT2D eigenvalue weighted by atomic mass is 9.86. The third-order valence-electron chi connectivity index (χ3n) is 6.26. The van der Waals surface area contributed by atoms with Gasteiger partial charge in [0.15, 0.2) is 0 Å². The van der Waals surface area contributed by atoms with E-state index in [1.165, 1.54) is 17.0 Å². The van der Waals surface area contributed by atoms with E-state index in [9.17, 15) is 18.8 Å². The molecule has 190 valence electrons. The van der Waals surface area contributed by atoms with Crippen molar-refractivity contribution < 1.29 is 23.2 Å². The first-order valence-electron chi connectivity index (χ1n) is 11.7. The Bertz CT molecular complexity index is 1340. The largest absolute Gasteiger partial charge is 0.383 e. The van der Waals surface area contributed by atoms with Gasteiger partial charge in [0.25, 0.3) is 11.5 Å². The van der Waals surface area contributed by atoms with Gasteiger partial charge >= 0.3 is 0 Å². The molecule has 0 aliphatic carbocycles. The number of anilines is 1. The molecule has 0 radical (unpaired) electrons. The van der Waals surface area contributed by atoms with E-state index >= 15 is 0 Å². The Morgan fingerprint density at radius 3 is 2.61 bits per heavy atom. The molecule has 1 aliphatic heterocycles. The highest BCUT2D eigenvalue weighted by molar-refractivity contribution is 5.98. The molecule has 8 nitrogen and oxygen atoms in total. The van der Waals surface area contributed by atoms with Crippen molar-refractivity contribution >= 4 is 17.5 Å². The van der Waals surface area contributed by atoms with Gasteiger partial charge in [-0.3, -0.25) is 14.4 Å². The van der Waals surface area contributed by atoms with Crippen molar-refractivity contribution in [2.75, 3.05) is 19.0 Å². The van der Waals surface area contributed by atoms with E-state index in [2.05, 4.69) is 10.5 Å². The number of hydrogen-bond acceptors (Lipinski definition) is 5. The average molecular weight is 496 g/mol. The molecule has 3 aromatic rings.